The first-order chi connectivity index (χ1) is 9.42. The van der Waals surface area contributed by atoms with Gasteiger partial charge in [-0.05, 0) is 48.5 Å². The van der Waals surface area contributed by atoms with E-state index in [0.717, 1.165) is 26.6 Å². The summed E-state index contributed by atoms with van der Waals surface area (Å²) in [4.78, 5) is 0. The topological polar surface area (TPSA) is 12.0 Å². The van der Waals surface area contributed by atoms with Crippen molar-refractivity contribution >= 4 is 43.5 Å². The molecular weight excluding hydrogens is 415 g/mol. The smallest absolute Gasteiger partial charge is 0.160 e. The van der Waals surface area contributed by atoms with E-state index in [2.05, 4.69) is 37.2 Å². The van der Waals surface area contributed by atoms with Gasteiger partial charge in [-0.2, -0.15) is 0 Å². The fourth-order valence-electron chi connectivity index (χ4n) is 2.00. The largest absolute Gasteiger partial charge is 0.309 e. The van der Waals surface area contributed by atoms with E-state index >= 15 is 0 Å². The summed E-state index contributed by atoms with van der Waals surface area (Å²) < 4.78 is 28.4. The molecule has 2 aromatic carbocycles. The minimum absolute atomic E-state index is 0.180. The van der Waals surface area contributed by atoms with E-state index in [-0.39, 0.29) is 11.1 Å². The molecule has 0 aliphatic rings. The third-order valence-electron chi connectivity index (χ3n) is 2.86. The lowest BCUT2D eigenvalue weighted by atomic mass is 9.98. The van der Waals surface area contributed by atoms with Crippen molar-refractivity contribution in [3.8, 4) is 0 Å². The van der Waals surface area contributed by atoms with Gasteiger partial charge in [-0.15, -0.1) is 0 Å². The zero-order valence-corrected chi connectivity index (χ0v) is 14.3. The summed E-state index contributed by atoms with van der Waals surface area (Å²) in [6.45, 7) is 0. The van der Waals surface area contributed by atoms with Gasteiger partial charge >= 0.3 is 0 Å². The number of rotatable bonds is 3. The van der Waals surface area contributed by atoms with Crippen LogP contribution in [0, 0.1) is 11.6 Å². The Kier molecular flexibility index (Phi) is 5.18. The Morgan fingerprint density at radius 3 is 2.10 bits per heavy atom. The number of halogens is 5. The van der Waals surface area contributed by atoms with Crippen LogP contribution < -0.4 is 5.32 Å². The van der Waals surface area contributed by atoms with Gasteiger partial charge in [-0.25, -0.2) is 8.78 Å². The fraction of sp³-hybridized carbons (Fsp3) is 0.143. The number of benzene rings is 2. The van der Waals surface area contributed by atoms with Gasteiger partial charge in [0.2, 0.25) is 0 Å². The second-order valence-corrected chi connectivity index (χ2v) is 6.45. The molecule has 2 rings (SSSR count). The molecule has 0 heterocycles. The number of hydrogen-bond donors (Lipinski definition) is 1. The Balaban J connectivity index is 2.55. The van der Waals surface area contributed by atoms with E-state index in [1.165, 1.54) is 0 Å². The molecule has 0 aliphatic carbocycles. The van der Waals surface area contributed by atoms with Crippen LogP contribution in [-0.2, 0) is 0 Å². The van der Waals surface area contributed by atoms with Crippen molar-refractivity contribution in [3.63, 3.8) is 0 Å². The van der Waals surface area contributed by atoms with Crippen molar-refractivity contribution in [1.82, 2.24) is 5.32 Å². The molecule has 1 nitrogen and oxygen atoms in total. The van der Waals surface area contributed by atoms with Crippen LogP contribution in [-0.4, -0.2) is 7.05 Å². The molecule has 0 radical (unpaired) electrons. The maximum atomic E-state index is 13.5. The molecule has 2 aromatic rings. The number of nitrogens with one attached hydrogen (secondary N) is 1. The molecular formula is C14H10Br2ClF2N. The lowest BCUT2D eigenvalue weighted by Gasteiger charge is -2.19. The fourth-order valence-corrected chi connectivity index (χ4v) is 3.59. The maximum absolute atomic E-state index is 13.5. The molecule has 0 saturated carbocycles. The Labute approximate surface area is 137 Å². The van der Waals surface area contributed by atoms with E-state index in [4.69, 9.17) is 11.6 Å². The van der Waals surface area contributed by atoms with Gasteiger partial charge in [0.1, 0.15) is 0 Å². The van der Waals surface area contributed by atoms with Gasteiger partial charge in [-0.1, -0.05) is 43.5 Å². The Bertz CT molecular complexity index is 629. The summed E-state index contributed by atoms with van der Waals surface area (Å²) in [5, 5.41) is 3.24. The van der Waals surface area contributed by atoms with Gasteiger partial charge in [0.25, 0.3) is 0 Å². The monoisotopic (exact) mass is 423 g/mol. The molecule has 106 valence electrons. The first-order valence-corrected chi connectivity index (χ1v) is 7.66. The molecule has 6 heteroatoms. The zero-order valence-electron chi connectivity index (χ0n) is 10.4. The first kappa shape index (κ1) is 15.9. The molecule has 1 unspecified atom stereocenters. The van der Waals surface area contributed by atoms with E-state index in [1.54, 1.807) is 7.05 Å². The van der Waals surface area contributed by atoms with Crippen LogP contribution in [0.1, 0.15) is 17.2 Å². The van der Waals surface area contributed by atoms with E-state index in [0.29, 0.717) is 5.56 Å². The van der Waals surface area contributed by atoms with Crippen molar-refractivity contribution in [3.05, 3.63) is 67.1 Å². The normalized spacial score (nSPS) is 12.5. The second-order valence-electron chi connectivity index (χ2n) is 4.21. The van der Waals surface area contributed by atoms with Crippen LogP contribution in [0.4, 0.5) is 8.78 Å². The minimum Gasteiger partial charge on any atom is -0.309 e. The van der Waals surface area contributed by atoms with Crippen LogP contribution in [0.5, 0.6) is 0 Å². The molecule has 0 aliphatic heterocycles. The van der Waals surface area contributed by atoms with Gasteiger partial charge in [0.15, 0.2) is 11.6 Å². The lowest BCUT2D eigenvalue weighted by molar-refractivity contribution is 0.505. The van der Waals surface area contributed by atoms with E-state index in [9.17, 15) is 8.78 Å². The summed E-state index contributed by atoms with van der Waals surface area (Å²) in [6.07, 6.45) is 0. The predicted octanol–water partition coefficient (Wildman–Crippen LogP) is 5.45. The number of hydrogen-bond acceptors (Lipinski definition) is 1. The molecule has 0 aromatic heterocycles. The third kappa shape index (κ3) is 3.39. The van der Waals surface area contributed by atoms with Gasteiger partial charge < -0.3 is 5.32 Å². The van der Waals surface area contributed by atoms with E-state index < -0.39 is 11.6 Å². The first-order valence-electron chi connectivity index (χ1n) is 5.70. The van der Waals surface area contributed by atoms with Crippen molar-refractivity contribution in [2.24, 2.45) is 0 Å². The zero-order chi connectivity index (χ0) is 14.9. The summed E-state index contributed by atoms with van der Waals surface area (Å²) in [5.74, 6) is -1.87. The lowest BCUT2D eigenvalue weighted by Crippen LogP contribution is -2.18. The van der Waals surface area contributed by atoms with Crippen molar-refractivity contribution in [2.75, 3.05) is 7.05 Å². The Morgan fingerprint density at radius 1 is 1.00 bits per heavy atom. The minimum atomic E-state index is -0.955. The average Bonchev–Trinajstić information content (AvgIpc) is 2.35. The van der Waals surface area contributed by atoms with Crippen LogP contribution in [0.25, 0.3) is 0 Å². The maximum Gasteiger partial charge on any atom is 0.160 e. The summed E-state index contributed by atoms with van der Waals surface area (Å²) >= 11 is 12.8. The summed E-state index contributed by atoms with van der Waals surface area (Å²) in [6, 6.07) is 7.44. The molecule has 0 spiro atoms. The molecule has 0 bridgehead atoms. The van der Waals surface area contributed by atoms with Gasteiger partial charge in [-0.3, -0.25) is 0 Å². The van der Waals surface area contributed by atoms with Crippen molar-refractivity contribution in [1.29, 1.82) is 0 Å². The summed E-state index contributed by atoms with van der Waals surface area (Å²) in [7, 11) is 1.73. The molecule has 0 fully saturated rings. The van der Waals surface area contributed by atoms with Crippen LogP contribution >= 0.6 is 43.5 Å². The van der Waals surface area contributed by atoms with Gasteiger partial charge in [0, 0.05) is 14.0 Å². The second kappa shape index (κ2) is 6.52. The molecule has 1 atom stereocenters. The third-order valence-corrected chi connectivity index (χ3v) is 4.10. The highest BCUT2D eigenvalue weighted by Gasteiger charge is 2.19. The molecule has 1 N–H and O–H groups in total. The van der Waals surface area contributed by atoms with Gasteiger partial charge in [0.05, 0.1) is 6.04 Å². The van der Waals surface area contributed by atoms with Crippen LogP contribution in [0.15, 0.2) is 39.3 Å². The highest BCUT2D eigenvalue weighted by molar-refractivity contribution is 9.11. The SMILES string of the molecule is CNC(c1cc(Br)cc(Br)c1)c1cc(F)c(F)cc1Cl. The van der Waals surface area contributed by atoms with Crippen molar-refractivity contribution in [2.45, 2.75) is 6.04 Å². The Morgan fingerprint density at radius 2 is 1.55 bits per heavy atom. The van der Waals surface area contributed by atoms with Crippen LogP contribution in [0.3, 0.4) is 0 Å². The predicted molar refractivity (Wildman–Crippen MR) is 84.1 cm³/mol. The molecule has 0 saturated heterocycles. The molecule has 20 heavy (non-hydrogen) atoms. The quantitative estimate of drug-likeness (QED) is 0.645. The standard InChI is InChI=1S/C14H10Br2ClF2N/c1-20-14(7-2-8(15)4-9(16)3-7)10-5-12(18)13(19)6-11(10)17/h2-6,14,20H,1H3. The van der Waals surface area contributed by atoms with E-state index in [1.807, 2.05) is 18.2 Å². The van der Waals surface area contributed by atoms with Crippen molar-refractivity contribution < 1.29 is 8.78 Å². The summed E-state index contributed by atoms with van der Waals surface area (Å²) in [5.41, 5.74) is 1.36. The highest BCUT2D eigenvalue weighted by atomic mass is 79.9. The Hall–Kier alpha value is -0.490. The molecule has 0 amide bonds. The van der Waals surface area contributed by atoms with Crippen LogP contribution in [0.2, 0.25) is 5.02 Å². The highest BCUT2D eigenvalue weighted by Crippen LogP contribution is 2.32. The average molecular weight is 425 g/mol.